The van der Waals surface area contributed by atoms with Crippen molar-refractivity contribution in [2.75, 3.05) is 14.2 Å². The maximum Gasteiger partial charge on any atom is 0.311 e. The van der Waals surface area contributed by atoms with Crippen molar-refractivity contribution in [2.24, 2.45) is 0 Å². The zero-order valence-electron chi connectivity index (χ0n) is 10.5. The molecule has 0 saturated heterocycles. The Hall–Kier alpha value is -1.71. The molecule has 0 N–H and O–H groups in total. The standard InChI is InChI=1S/C13H16O4/c1-7-5-11(14)17-13-9(7)6-10(15-3)8(2)12(13)16-4/h6-7H,5H2,1-4H3. The van der Waals surface area contributed by atoms with Gasteiger partial charge in [0.1, 0.15) is 5.75 Å². The van der Waals surface area contributed by atoms with E-state index in [1.165, 1.54) is 0 Å². The number of fused-ring (bicyclic) bond motifs is 1. The van der Waals surface area contributed by atoms with Gasteiger partial charge >= 0.3 is 5.97 Å². The Bertz CT molecular complexity index is 465. The second kappa shape index (κ2) is 4.28. The van der Waals surface area contributed by atoms with Crippen molar-refractivity contribution in [3.05, 3.63) is 17.2 Å². The molecule has 0 aromatic heterocycles. The molecule has 4 nitrogen and oxygen atoms in total. The summed E-state index contributed by atoms with van der Waals surface area (Å²) in [5.41, 5.74) is 1.81. The third-order valence-corrected chi connectivity index (χ3v) is 3.11. The van der Waals surface area contributed by atoms with Gasteiger partial charge in [-0.3, -0.25) is 4.79 Å². The average Bonchev–Trinajstić information content (AvgIpc) is 2.28. The molecule has 1 atom stereocenters. The first-order valence-corrected chi connectivity index (χ1v) is 5.54. The van der Waals surface area contributed by atoms with Crippen molar-refractivity contribution in [3.63, 3.8) is 0 Å². The zero-order valence-corrected chi connectivity index (χ0v) is 10.5. The van der Waals surface area contributed by atoms with Crippen LogP contribution in [0.1, 0.15) is 30.4 Å². The Morgan fingerprint density at radius 2 is 2.06 bits per heavy atom. The first kappa shape index (κ1) is 11.8. The van der Waals surface area contributed by atoms with Gasteiger partial charge in [0.25, 0.3) is 0 Å². The van der Waals surface area contributed by atoms with Gasteiger partial charge in [-0.15, -0.1) is 0 Å². The summed E-state index contributed by atoms with van der Waals surface area (Å²) in [6, 6.07) is 1.92. The minimum atomic E-state index is -0.215. The largest absolute Gasteiger partial charge is 0.496 e. The minimum Gasteiger partial charge on any atom is -0.496 e. The smallest absolute Gasteiger partial charge is 0.311 e. The maximum atomic E-state index is 11.5. The van der Waals surface area contributed by atoms with Crippen LogP contribution in [0.25, 0.3) is 0 Å². The summed E-state index contributed by atoms with van der Waals surface area (Å²) >= 11 is 0. The van der Waals surface area contributed by atoms with Gasteiger partial charge in [-0.25, -0.2) is 0 Å². The molecule has 0 spiro atoms. The van der Waals surface area contributed by atoms with E-state index in [0.717, 1.165) is 16.9 Å². The number of rotatable bonds is 2. The predicted octanol–water partition coefficient (Wildman–Crippen LogP) is 2.42. The first-order valence-electron chi connectivity index (χ1n) is 5.54. The number of esters is 1. The fraction of sp³-hybridized carbons (Fsp3) is 0.462. The van der Waals surface area contributed by atoms with Gasteiger partial charge in [0, 0.05) is 11.1 Å². The number of carbonyl (C=O) groups excluding carboxylic acids is 1. The van der Waals surface area contributed by atoms with Gasteiger partial charge < -0.3 is 14.2 Å². The molecular weight excluding hydrogens is 220 g/mol. The molecule has 1 aliphatic rings. The predicted molar refractivity (Wildman–Crippen MR) is 63.0 cm³/mol. The SMILES string of the molecule is COc1cc2c(c(OC)c1C)OC(=O)CC2C. The van der Waals surface area contributed by atoms with Gasteiger partial charge in [0.05, 0.1) is 20.6 Å². The molecule has 1 aromatic rings. The Morgan fingerprint density at radius 3 is 2.65 bits per heavy atom. The van der Waals surface area contributed by atoms with Crippen molar-refractivity contribution in [2.45, 2.75) is 26.2 Å². The molecule has 4 heteroatoms. The van der Waals surface area contributed by atoms with Crippen LogP contribution in [0.2, 0.25) is 0 Å². The van der Waals surface area contributed by atoms with Crippen LogP contribution in [0, 0.1) is 6.92 Å². The van der Waals surface area contributed by atoms with E-state index in [1.807, 2.05) is 19.9 Å². The summed E-state index contributed by atoms with van der Waals surface area (Å²) in [6.45, 7) is 3.87. The number of benzene rings is 1. The Labute approximate surface area is 100 Å². The lowest BCUT2D eigenvalue weighted by Gasteiger charge is -2.25. The van der Waals surface area contributed by atoms with Gasteiger partial charge in [-0.2, -0.15) is 0 Å². The molecule has 2 rings (SSSR count). The number of hydrogen-bond acceptors (Lipinski definition) is 4. The highest BCUT2D eigenvalue weighted by Crippen LogP contribution is 2.46. The molecule has 0 bridgehead atoms. The van der Waals surface area contributed by atoms with Gasteiger partial charge in [0.15, 0.2) is 11.5 Å². The molecule has 0 radical (unpaired) electrons. The highest BCUT2D eigenvalue weighted by Gasteiger charge is 2.29. The maximum absolute atomic E-state index is 11.5. The summed E-state index contributed by atoms with van der Waals surface area (Å²) in [5.74, 6) is 1.78. The first-order chi connectivity index (χ1) is 8.08. The van der Waals surface area contributed by atoms with E-state index in [1.54, 1.807) is 14.2 Å². The fourth-order valence-corrected chi connectivity index (χ4v) is 2.17. The van der Waals surface area contributed by atoms with Crippen LogP contribution in [0.5, 0.6) is 17.2 Å². The normalized spacial score (nSPS) is 18.4. The molecular formula is C13H16O4. The Morgan fingerprint density at radius 1 is 1.35 bits per heavy atom. The van der Waals surface area contributed by atoms with Crippen LogP contribution in [0.4, 0.5) is 0 Å². The van der Waals surface area contributed by atoms with Crippen molar-refractivity contribution >= 4 is 5.97 Å². The van der Waals surface area contributed by atoms with Gasteiger partial charge in [-0.05, 0) is 18.9 Å². The topological polar surface area (TPSA) is 44.8 Å². The van der Waals surface area contributed by atoms with Gasteiger partial charge in [0.2, 0.25) is 0 Å². The van der Waals surface area contributed by atoms with Crippen LogP contribution >= 0.6 is 0 Å². The van der Waals surface area contributed by atoms with E-state index in [9.17, 15) is 4.79 Å². The quantitative estimate of drug-likeness (QED) is 0.584. The summed E-state index contributed by atoms with van der Waals surface area (Å²) in [6.07, 6.45) is 0.391. The monoisotopic (exact) mass is 236 g/mol. The third-order valence-electron chi connectivity index (χ3n) is 3.11. The van der Waals surface area contributed by atoms with E-state index < -0.39 is 0 Å². The number of methoxy groups -OCH3 is 2. The molecule has 0 aliphatic carbocycles. The lowest BCUT2D eigenvalue weighted by atomic mass is 9.92. The molecule has 1 heterocycles. The van der Waals surface area contributed by atoms with Gasteiger partial charge in [-0.1, -0.05) is 6.92 Å². The van der Waals surface area contributed by atoms with E-state index in [-0.39, 0.29) is 11.9 Å². The molecule has 1 aromatic carbocycles. The summed E-state index contributed by atoms with van der Waals surface area (Å²) < 4.78 is 15.9. The summed E-state index contributed by atoms with van der Waals surface area (Å²) in [5, 5.41) is 0. The van der Waals surface area contributed by atoms with E-state index >= 15 is 0 Å². The van der Waals surface area contributed by atoms with Crippen molar-refractivity contribution in [3.8, 4) is 17.2 Å². The molecule has 0 fully saturated rings. The van der Waals surface area contributed by atoms with E-state index in [0.29, 0.717) is 17.9 Å². The number of hydrogen-bond donors (Lipinski definition) is 0. The highest BCUT2D eigenvalue weighted by molar-refractivity contribution is 5.79. The van der Waals surface area contributed by atoms with Crippen LogP contribution in [-0.2, 0) is 4.79 Å². The average molecular weight is 236 g/mol. The second-order valence-corrected chi connectivity index (χ2v) is 4.23. The lowest BCUT2D eigenvalue weighted by Crippen LogP contribution is -2.19. The Kier molecular flexibility index (Phi) is 2.96. The molecule has 1 unspecified atom stereocenters. The summed E-state index contributed by atoms with van der Waals surface area (Å²) in [7, 11) is 3.18. The van der Waals surface area contributed by atoms with E-state index in [4.69, 9.17) is 14.2 Å². The number of carbonyl (C=O) groups is 1. The van der Waals surface area contributed by atoms with Crippen LogP contribution in [0.15, 0.2) is 6.07 Å². The molecule has 0 saturated carbocycles. The van der Waals surface area contributed by atoms with E-state index in [2.05, 4.69) is 0 Å². The minimum absolute atomic E-state index is 0.120. The highest BCUT2D eigenvalue weighted by atomic mass is 16.6. The molecule has 0 amide bonds. The van der Waals surface area contributed by atoms with Crippen molar-refractivity contribution in [1.29, 1.82) is 0 Å². The fourth-order valence-electron chi connectivity index (χ4n) is 2.17. The zero-order chi connectivity index (χ0) is 12.6. The van der Waals surface area contributed by atoms with Crippen LogP contribution < -0.4 is 14.2 Å². The molecule has 92 valence electrons. The van der Waals surface area contributed by atoms with Crippen molar-refractivity contribution < 1.29 is 19.0 Å². The third kappa shape index (κ3) is 1.84. The summed E-state index contributed by atoms with van der Waals surface area (Å²) in [4.78, 5) is 11.5. The number of ether oxygens (including phenoxy) is 3. The van der Waals surface area contributed by atoms with Crippen molar-refractivity contribution in [1.82, 2.24) is 0 Å². The second-order valence-electron chi connectivity index (χ2n) is 4.23. The van der Waals surface area contributed by atoms with Crippen LogP contribution in [0.3, 0.4) is 0 Å². The van der Waals surface area contributed by atoms with Crippen LogP contribution in [-0.4, -0.2) is 20.2 Å². The lowest BCUT2D eigenvalue weighted by molar-refractivity contribution is -0.135. The molecule has 17 heavy (non-hydrogen) atoms. The molecule has 1 aliphatic heterocycles. The Balaban J connectivity index is 2.66.